The third-order valence-electron chi connectivity index (χ3n) is 4.17. The van der Waals surface area contributed by atoms with E-state index in [0.717, 1.165) is 17.5 Å². The van der Waals surface area contributed by atoms with Gasteiger partial charge in [-0.1, -0.05) is 29.8 Å². The second-order valence-corrected chi connectivity index (χ2v) is 10.4. The Hall–Kier alpha value is -2.59. The van der Waals surface area contributed by atoms with E-state index in [4.69, 9.17) is 11.6 Å². The summed E-state index contributed by atoms with van der Waals surface area (Å²) >= 11 is 5.94. The Balaban J connectivity index is 1.81. The molecule has 31 heavy (non-hydrogen) atoms. The van der Waals surface area contributed by atoms with Gasteiger partial charge in [0.2, 0.25) is 10.0 Å². The van der Waals surface area contributed by atoms with Crippen molar-refractivity contribution in [3.8, 4) is 0 Å². The number of benzene rings is 2. The molecule has 0 aliphatic rings. The lowest BCUT2D eigenvalue weighted by Crippen LogP contribution is -2.29. The molecule has 1 amide bonds. The van der Waals surface area contributed by atoms with Crippen molar-refractivity contribution >= 4 is 38.5 Å². The Morgan fingerprint density at radius 1 is 1.03 bits per heavy atom. The van der Waals surface area contributed by atoms with E-state index in [1.165, 1.54) is 12.1 Å². The van der Waals surface area contributed by atoms with E-state index in [9.17, 15) is 17.4 Å². The third-order valence-corrected chi connectivity index (χ3v) is 6.38. The molecular weight excluding hydrogens is 458 g/mol. The molecule has 0 radical (unpaired) electrons. The van der Waals surface area contributed by atoms with Crippen molar-refractivity contribution < 1.29 is 17.4 Å². The molecular formula is C21H20ClN3O4S2. The second-order valence-electron chi connectivity index (χ2n) is 6.72. The van der Waals surface area contributed by atoms with Crippen LogP contribution in [0.3, 0.4) is 0 Å². The molecule has 7 nitrogen and oxygen atoms in total. The zero-order valence-corrected chi connectivity index (χ0v) is 19.0. The summed E-state index contributed by atoms with van der Waals surface area (Å²) in [5, 5.41) is 0.556. The summed E-state index contributed by atoms with van der Waals surface area (Å²) in [5.74, 6) is -0.705. The van der Waals surface area contributed by atoms with E-state index in [-0.39, 0.29) is 5.56 Å². The molecule has 10 heteroatoms. The van der Waals surface area contributed by atoms with Crippen LogP contribution >= 0.6 is 11.6 Å². The van der Waals surface area contributed by atoms with Crippen molar-refractivity contribution in [3.05, 3.63) is 94.8 Å². The summed E-state index contributed by atoms with van der Waals surface area (Å²) in [6.45, 7) is 0.659. The van der Waals surface area contributed by atoms with Gasteiger partial charge in [-0.3, -0.25) is 9.78 Å². The van der Waals surface area contributed by atoms with Gasteiger partial charge in [-0.2, -0.15) is 0 Å². The predicted molar refractivity (Wildman–Crippen MR) is 120 cm³/mol. The lowest BCUT2D eigenvalue weighted by Gasteiger charge is -2.21. The highest BCUT2D eigenvalue weighted by molar-refractivity contribution is 7.89. The summed E-state index contributed by atoms with van der Waals surface area (Å²) < 4.78 is 39.4. The standard InChI is InChI=1S/C21H20ClN3O4S2/c1-31(28,29)24-21(26)17-7-5-16(6-8-17)14-25(15-19-4-2-3-13-23-19)30(27)20-11-9-18(22)10-12-20/h2-13H,14-15H2,1H3,(H,24,26). The Bertz CT molecular complexity index is 1170. The van der Waals surface area contributed by atoms with Crippen molar-refractivity contribution in [1.82, 2.24) is 14.0 Å². The number of carbonyl (C=O) groups is 1. The largest absolute Gasteiger partial charge is 0.268 e. The van der Waals surface area contributed by atoms with Crippen LogP contribution in [0.5, 0.6) is 0 Å². The number of amides is 1. The quantitative estimate of drug-likeness (QED) is 0.537. The number of nitrogens with one attached hydrogen (secondary N) is 1. The Kier molecular flexibility index (Phi) is 7.55. The molecule has 1 unspecified atom stereocenters. The Morgan fingerprint density at radius 2 is 1.71 bits per heavy atom. The van der Waals surface area contributed by atoms with Gasteiger partial charge < -0.3 is 0 Å². The fourth-order valence-corrected chi connectivity index (χ4v) is 4.50. The van der Waals surface area contributed by atoms with E-state index >= 15 is 0 Å². The monoisotopic (exact) mass is 477 g/mol. The van der Waals surface area contributed by atoms with Gasteiger partial charge >= 0.3 is 0 Å². The molecule has 0 bridgehead atoms. The molecule has 1 heterocycles. The SMILES string of the molecule is CS(=O)(=O)NC(=O)c1ccc(CN(Cc2ccccn2)S(=O)c2ccc(Cl)cc2)cc1. The van der Waals surface area contributed by atoms with Crippen molar-refractivity contribution in [2.45, 2.75) is 18.0 Å². The summed E-state index contributed by atoms with van der Waals surface area (Å²) in [6, 6.07) is 18.8. The lowest BCUT2D eigenvalue weighted by atomic mass is 10.1. The van der Waals surface area contributed by atoms with Gasteiger partial charge in [0.25, 0.3) is 5.91 Å². The fraction of sp³-hybridized carbons (Fsp3) is 0.143. The van der Waals surface area contributed by atoms with Gasteiger partial charge in [-0.15, -0.1) is 0 Å². The fourth-order valence-electron chi connectivity index (χ4n) is 2.74. The minimum absolute atomic E-state index is 0.212. The maximum atomic E-state index is 13.2. The zero-order valence-electron chi connectivity index (χ0n) is 16.6. The smallest absolute Gasteiger partial charge is 0.264 e. The van der Waals surface area contributed by atoms with Gasteiger partial charge in [0, 0.05) is 23.3 Å². The number of aromatic nitrogens is 1. The van der Waals surface area contributed by atoms with Gasteiger partial charge in [0.05, 0.1) is 23.4 Å². The summed E-state index contributed by atoms with van der Waals surface area (Å²) in [6.07, 6.45) is 2.59. The van der Waals surface area contributed by atoms with E-state index in [1.807, 2.05) is 22.9 Å². The van der Waals surface area contributed by atoms with Crippen LogP contribution in [0.25, 0.3) is 0 Å². The molecule has 0 aliphatic heterocycles. The number of rotatable bonds is 8. The molecule has 0 aliphatic carbocycles. The van der Waals surface area contributed by atoms with Crippen LogP contribution in [-0.2, 0) is 34.1 Å². The Morgan fingerprint density at radius 3 is 2.29 bits per heavy atom. The zero-order chi connectivity index (χ0) is 22.4. The lowest BCUT2D eigenvalue weighted by molar-refractivity contribution is 0.0981. The van der Waals surface area contributed by atoms with Crippen molar-refractivity contribution in [2.24, 2.45) is 0 Å². The number of hydrogen-bond donors (Lipinski definition) is 1. The first kappa shape index (κ1) is 23.1. The third kappa shape index (κ3) is 6.96. The number of halogens is 1. The van der Waals surface area contributed by atoms with Crippen LogP contribution < -0.4 is 4.72 Å². The first-order valence-electron chi connectivity index (χ1n) is 9.14. The van der Waals surface area contributed by atoms with Crippen molar-refractivity contribution in [3.63, 3.8) is 0 Å². The average Bonchev–Trinajstić information content (AvgIpc) is 2.73. The van der Waals surface area contributed by atoms with Gasteiger partial charge in [0.15, 0.2) is 0 Å². The average molecular weight is 478 g/mol. The highest BCUT2D eigenvalue weighted by Gasteiger charge is 2.18. The highest BCUT2D eigenvalue weighted by atomic mass is 35.5. The molecule has 1 N–H and O–H groups in total. The summed E-state index contributed by atoms with van der Waals surface area (Å²) in [7, 11) is -5.13. The van der Waals surface area contributed by atoms with Crippen LogP contribution in [0.1, 0.15) is 21.6 Å². The molecule has 162 valence electrons. The number of sulfonamides is 1. The molecule has 0 saturated heterocycles. The van der Waals surface area contributed by atoms with Crippen LogP contribution in [0, 0.1) is 0 Å². The molecule has 0 fully saturated rings. The minimum Gasteiger partial charge on any atom is -0.268 e. The molecule has 3 rings (SSSR count). The topological polar surface area (TPSA) is 96.4 Å². The summed E-state index contributed by atoms with van der Waals surface area (Å²) in [5.41, 5.74) is 1.77. The molecule has 1 atom stereocenters. The van der Waals surface area contributed by atoms with E-state index in [0.29, 0.717) is 23.0 Å². The number of hydrogen-bond acceptors (Lipinski definition) is 5. The highest BCUT2D eigenvalue weighted by Crippen LogP contribution is 2.19. The van der Waals surface area contributed by atoms with Crippen LogP contribution in [0.15, 0.2) is 77.8 Å². The number of carbonyl (C=O) groups excluding carboxylic acids is 1. The van der Waals surface area contributed by atoms with Crippen LogP contribution in [0.2, 0.25) is 5.02 Å². The van der Waals surface area contributed by atoms with E-state index in [1.54, 1.807) is 46.9 Å². The molecule has 2 aromatic carbocycles. The Labute approximate surface area is 188 Å². The van der Waals surface area contributed by atoms with E-state index in [2.05, 4.69) is 4.98 Å². The van der Waals surface area contributed by atoms with Gasteiger partial charge in [-0.05, 0) is 54.1 Å². The van der Waals surface area contributed by atoms with Crippen LogP contribution in [0.4, 0.5) is 0 Å². The van der Waals surface area contributed by atoms with Gasteiger partial charge in [-0.25, -0.2) is 21.7 Å². The first-order chi connectivity index (χ1) is 14.7. The van der Waals surface area contributed by atoms with Crippen LogP contribution in [-0.4, -0.2) is 34.1 Å². The molecule has 0 spiro atoms. The summed E-state index contributed by atoms with van der Waals surface area (Å²) in [4.78, 5) is 16.9. The molecule has 0 saturated carbocycles. The maximum Gasteiger partial charge on any atom is 0.264 e. The predicted octanol–water partition coefficient (Wildman–Crippen LogP) is 3.15. The second kappa shape index (κ2) is 10.1. The minimum atomic E-state index is -3.64. The van der Waals surface area contributed by atoms with Crippen molar-refractivity contribution in [2.75, 3.05) is 6.26 Å². The normalized spacial score (nSPS) is 12.5. The van der Waals surface area contributed by atoms with E-state index < -0.39 is 26.9 Å². The van der Waals surface area contributed by atoms with Crippen molar-refractivity contribution in [1.29, 1.82) is 0 Å². The van der Waals surface area contributed by atoms with Gasteiger partial charge in [0.1, 0.15) is 11.0 Å². The molecule has 3 aromatic rings. The first-order valence-corrected chi connectivity index (χ1v) is 12.5. The number of pyridine rings is 1. The maximum absolute atomic E-state index is 13.2. The number of nitrogens with zero attached hydrogens (tertiary/aromatic N) is 2. The molecule has 1 aromatic heterocycles.